The van der Waals surface area contributed by atoms with E-state index in [9.17, 15) is 9.59 Å². The van der Waals surface area contributed by atoms with Crippen molar-refractivity contribution in [2.45, 2.75) is 32.8 Å². The standard InChI is InChI=1S/C19H18O4/c1-12-8-9-16(13(2)10-12)22-18(21)19(3)11-14-6-4-5-7-15(14)17(20)23-19/h4-10H,11H2,1-3H3. The zero-order valence-electron chi connectivity index (χ0n) is 13.4. The van der Waals surface area contributed by atoms with Crippen molar-refractivity contribution >= 4 is 11.9 Å². The molecule has 1 aliphatic rings. The summed E-state index contributed by atoms with van der Waals surface area (Å²) >= 11 is 0. The number of rotatable bonds is 2. The lowest BCUT2D eigenvalue weighted by Crippen LogP contribution is -2.48. The molecule has 0 saturated heterocycles. The number of hydrogen-bond acceptors (Lipinski definition) is 4. The topological polar surface area (TPSA) is 52.6 Å². The van der Waals surface area contributed by atoms with Crippen molar-refractivity contribution in [3.8, 4) is 5.75 Å². The van der Waals surface area contributed by atoms with Crippen molar-refractivity contribution in [2.75, 3.05) is 0 Å². The van der Waals surface area contributed by atoms with Crippen molar-refractivity contribution < 1.29 is 19.1 Å². The normalized spacial score (nSPS) is 19.7. The quantitative estimate of drug-likeness (QED) is 0.630. The molecule has 0 bridgehead atoms. The van der Waals surface area contributed by atoms with Crippen molar-refractivity contribution in [2.24, 2.45) is 0 Å². The van der Waals surface area contributed by atoms with Crippen LogP contribution in [0, 0.1) is 13.8 Å². The maximum atomic E-state index is 12.6. The molecule has 3 rings (SSSR count). The van der Waals surface area contributed by atoms with Gasteiger partial charge in [-0.2, -0.15) is 0 Å². The molecule has 0 saturated carbocycles. The molecule has 2 aromatic rings. The minimum absolute atomic E-state index is 0.304. The van der Waals surface area contributed by atoms with Crippen molar-refractivity contribution in [3.63, 3.8) is 0 Å². The van der Waals surface area contributed by atoms with E-state index in [0.717, 1.165) is 16.7 Å². The first-order valence-electron chi connectivity index (χ1n) is 7.50. The van der Waals surface area contributed by atoms with E-state index in [1.807, 2.05) is 38.1 Å². The Bertz CT molecular complexity index is 794. The SMILES string of the molecule is Cc1ccc(OC(=O)C2(C)Cc3ccccc3C(=O)O2)c(C)c1. The highest BCUT2D eigenvalue weighted by Crippen LogP contribution is 2.30. The fourth-order valence-electron chi connectivity index (χ4n) is 2.77. The first-order chi connectivity index (χ1) is 10.9. The number of hydrogen-bond donors (Lipinski definition) is 0. The molecule has 0 radical (unpaired) electrons. The van der Waals surface area contributed by atoms with Gasteiger partial charge in [0.05, 0.1) is 5.56 Å². The molecular formula is C19H18O4. The van der Waals surface area contributed by atoms with Crippen LogP contribution >= 0.6 is 0 Å². The van der Waals surface area contributed by atoms with Crippen LogP contribution in [0.1, 0.15) is 34.0 Å². The second kappa shape index (κ2) is 5.54. The van der Waals surface area contributed by atoms with Gasteiger partial charge in [0.2, 0.25) is 5.60 Å². The van der Waals surface area contributed by atoms with Gasteiger partial charge in [0.1, 0.15) is 5.75 Å². The van der Waals surface area contributed by atoms with Gasteiger partial charge in [-0.05, 0) is 44.0 Å². The minimum atomic E-state index is -1.32. The first kappa shape index (κ1) is 15.3. The van der Waals surface area contributed by atoms with Gasteiger partial charge >= 0.3 is 11.9 Å². The largest absolute Gasteiger partial charge is 0.443 e. The molecule has 23 heavy (non-hydrogen) atoms. The summed E-state index contributed by atoms with van der Waals surface area (Å²) in [7, 11) is 0. The van der Waals surface area contributed by atoms with E-state index in [1.165, 1.54) is 0 Å². The summed E-state index contributed by atoms with van der Waals surface area (Å²) in [4.78, 5) is 24.7. The molecule has 1 heterocycles. The van der Waals surface area contributed by atoms with Crippen molar-refractivity contribution in [1.29, 1.82) is 0 Å². The molecule has 118 valence electrons. The van der Waals surface area contributed by atoms with E-state index < -0.39 is 17.5 Å². The maximum Gasteiger partial charge on any atom is 0.356 e. The second-order valence-electron chi connectivity index (χ2n) is 6.11. The van der Waals surface area contributed by atoms with Crippen molar-refractivity contribution in [1.82, 2.24) is 0 Å². The number of aryl methyl sites for hydroxylation is 2. The Morgan fingerprint density at radius 2 is 1.91 bits per heavy atom. The molecule has 1 aliphatic heterocycles. The highest BCUT2D eigenvalue weighted by Gasteiger charge is 2.44. The molecule has 0 aliphatic carbocycles. The third-order valence-corrected chi connectivity index (χ3v) is 4.05. The first-order valence-corrected chi connectivity index (χ1v) is 7.50. The molecule has 1 atom stereocenters. The van der Waals surface area contributed by atoms with E-state index in [0.29, 0.717) is 17.7 Å². The predicted octanol–water partition coefficient (Wildman–Crippen LogP) is 3.38. The van der Waals surface area contributed by atoms with E-state index in [-0.39, 0.29) is 0 Å². The zero-order valence-corrected chi connectivity index (χ0v) is 13.4. The fourth-order valence-corrected chi connectivity index (χ4v) is 2.77. The molecule has 0 fully saturated rings. The van der Waals surface area contributed by atoms with Gasteiger partial charge in [0, 0.05) is 6.42 Å². The minimum Gasteiger partial charge on any atom is -0.443 e. The summed E-state index contributed by atoms with van der Waals surface area (Å²) in [6.45, 7) is 5.44. The van der Waals surface area contributed by atoms with E-state index >= 15 is 0 Å². The van der Waals surface area contributed by atoms with Gasteiger partial charge in [0.25, 0.3) is 0 Å². The van der Waals surface area contributed by atoms with Crippen LogP contribution in [0.5, 0.6) is 5.75 Å². The lowest BCUT2D eigenvalue weighted by Gasteiger charge is -2.32. The van der Waals surface area contributed by atoms with E-state index in [4.69, 9.17) is 9.47 Å². The average molecular weight is 310 g/mol. The zero-order chi connectivity index (χ0) is 16.6. The summed E-state index contributed by atoms with van der Waals surface area (Å²) in [6, 6.07) is 12.7. The van der Waals surface area contributed by atoms with Gasteiger partial charge in [-0.15, -0.1) is 0 Å². The molecule has 0 spiro atoms. The lowest BCUT2D eigenvalue weighted by molar-refractivity contribution is -0.155. The number of fused-ring (bicyclic) bond motifs is 1. The number of ether oxygens (including phenoxy) is 2. The fraction of sp³-hybridized carbons (Fsp3) is 0.263. The van der Waals surface area contributed by atoms with Crippen LogP contribution in [-0.2, 0) is 16.0 Å². The Kier molecular flexibility index (Phi) is 3.68. The van der Waals surface area contributed by atoms with Gasteiger partial charge in [-0.25, -0.2) is 9.59 Å². The third-order valence-electron chi connectivity index (χ3n) is 4.05. The maximum absolute atomic E-state index is 12.6. The summed E-state index contributed by atoms with van der Waals surface area (Å²) in [5, 5.41) is 0. The number of cyclic esters (lactones) is 1. The molecule has 1 unspecified atom stereocenters. The van der Waals surface area contributed by atoms with Crippen LogP contribution in [0.25, 0.3) is 0 Å². The monoisotopic (exact) mass is 310 g/mol. The Morgan fingerprint density at radius 3 is 2.65 bits per heavy atom. The Morgan fingerprint density at radius 1 is 1.17 bits per heavy atom. The molecule has 2 aromatic carbocycles. The number of esters is 2. The molecule has 0 N–H and O–H groups in total. The van der Waals surface area contributed by atoms with Crippen LogP contribution in [0.3, 0.4) is 0 Å². The smallest absolute Gasteiger partial charge is 0.356 e. The van der Waals surface area contributed by atoms with Crippen molar-refractivity contribution in [3.05, 3.63) is 64.7 Å². The highest BCUT2D eigenvalue weighted by atomic mass is 16.6. The van der Waals surface area contributed by atoms with Crippen LogP contribution in [-0.4, -0.2) is 17.5 Å². The molecule has 4 nitrogen and oxygen atoms in total. The highest BCUT2D eigenvalue weighted by molar-refractivity contribution is 5.96. The predicted molar refractivity (Wildman–Crippen MR) is 85.5 cm³/mol. The third kappa shape index (κ3) is 2.84. The van der Waals surface area contributed by atoms with Crippen LogP contribution < -0.4 is 4.74 Å². The number of carbonyl (C=O) groups is 2. The van der Waals surface area contributed by atoms with Crippen LogP contribution in [0.2, 0.25) is 0 Å². The van der Waals surface area contributed by atoms with Gasteiger partial charge in [-0.1, -0.05) is 35.9 Å². The molecule has 0 aromatic heterocycles. The summed E-state index contributed by atoms with van der Waals surface area (Å²) < 4.78 is 10.9. The lowest BCUT2D eigenvalue weighted by atomic mass is 9.90. The van der Waals surface area contributed by atoms with E-state index in [2.05, 4.69) is 0 Å². The van der Waals surface area contributed by atoms with Crippen LogP contribution in [0.4, 0.5) is 0 Å². The van der Waals surface area contributed by atoms with E-state index in [1.54, 1.807) is 25.1 Å². The number of carbonyl (C=O) groups excluding carboxylic acids is 2. The summed E-state index contributed by atoms with van der Waals surface area (Å²) in [5.41, 5.74) is 1.94. The molecule has 0 amide bonds. The second-order valence-corrected chi connectivity index (χ2v) is 6.11. The Labute approximate surface area is 135 Å². The Hall–Kier alpha value is -2.62. The summed E-state index contributed by atoms with van der Waals surface area (Å²) in [6.07, 6.45) is 0.304. The van der Waals surface area contributed by atoms with Gasteiger partial charge < -0.3 is 9.47 Å². The van der Waals surface area contributed by atoms with Gasteiger partial charge in [-0.3, -0.25) is 0 Å². The molecule has 4 heteroatoms. The summed E-state index contributed by atoms with van der Waals surface area (Å²) in [5.74, 6) is -0.573. The molecular weight excluding hydrogens is 292 g/mol. The Balaban J connectivity index is 1.86. The van der Waals surface area contributed by atoms with Gasteiger partial charge in [0.15, 0.2) is 0 Å². The average Bonchev–Trinajstić information content (AvgIpc) is 2.50. The number of benzene rings is 2. The van der Waals surface area contributed by atoms with Crippen LogP contribution in [0.15, 0.2) is 42.5 Å².